The van der Waals surface area contributed by atoms with E-state index in [4.69, 9.17) is 0 Å². The van der Waals surface area contributed by atoms with Crippen LogP contribution in [0.25, 0.3) is 11.0 Å². The van der Waals surface area contributed by atoms with Gasteiger partial charge in [0.25, 0.3) is 0 Å². The van der Waals surface area contributed by atoms with Gasteiger partial charge in [-0.3, -0.25) is 23.6 Å². The van der Waals surface area contributed by atoms with Gasteiger partial charge in [0.15, 0.2) is 0 Å². The summed E-state index contributed by atoms with van der Waals surface area (Å²) >= 11 is 0. The maximum Gasteiger partial charge on any atom is 0.329 e. The summed E-state index contributed by atoms with van der Waals surface area (Å²) < 4.78 is 3.51. The van der Waals surface area contributed by atoms with Gasteiger partial charge in [-0.15, -0.1) is 0 Å². The molecule has 2 heterocycles. The van der Waals surface area contributed by atoms with Crippen LogP contribution in [0.1, 0.15) is 30.9 Å². The van der Waals surface area contributed by atoms with E-state index in [1.807, 2.05) is 61.2 Å². The number of anilines is 1. The van der Waals surface area contributed by atoms with Gasteiger partial charge in [-0.05, 0) is 43.5 Å². The number of hydrogen-bond acceptors (Lipinski definition) is 4. The number of aryl methyl sites for hydroxylation is 4. The standard InChI is InChI=1S/C27H35N5O3/c1-4-13-31-22-10-5-6-11-23(22)32(27(31)35)14-12-25(34)30-17-15-29(16-18-30)19-24(33)28-26-20(2)8-7-9-21(26)3/h5-11H,4,12-19H2,1-3H3,(H,28,33). The van der Waals surface area contributed by atoms with Crippen molar-refractivity contribution in [2.75, 3.05) is 38.0 Å². The van der Waals surface area contributed by atoms with Gasteiger partial charge >= 0.3 is 5.69 Å². The fourth-order valence-corrected chi connectivity index (χ4v) is 4.84. The summed E-state index contributed by atoms with van der Waals surface area (Å²) in [5.41, 5.74) is 4.71. The van der Waals surface area contributed by atoms with E-state index in [2.05, 4.69) is 17.1 Å². The summed E-state index contributed by atoms with van der Waals surface area (Å²) in [6.45, 7) is 9.85. The van der Waals surface area contributed by atoms with Gasteiger partial charge in [-0.2, -0.15) is 0 Å². The van der Waals surface area contributed by atoms with Gasteiger partial charge in [0.1, 0.15) is 0 Å². The van der Waals surface area contributed by atoms with Crippen molar-refractivity contribution in [2.45, 2.75) is 46.7 Å². The molecule has 1 aliphatic rings. The Bertz CT molecular complexity index is 1250. The molecule has 2 aromatic carbocycles. The van der Waals surface area contributed by atoms with Crippen LogP contribution in [-0.4, -0.2) is 63.5 Å². The molecule has 4 rings (SSSR count). The molecule has 8 heteroatoms. The Morgan fingerprint density at radius 3 is 2.06 bits per heavy atom. The highest BCUT2D eigenvalue weighted by Gasteiger charge is 2.23. The van der Waals surface area contributed by atoms with Gasteiger partial charge in [-0.25, -0.2) is 4.79 Å². The summed E-state index contributed by atoms with van der Waals surface area (Å²) in [5.74, 6) is 0.00822. The van der Waals surface area contributed by atoms with E-state index in [-0.39, 0.29) is 23.9 Å². The van der Waals surface area contributed by atoms with Crippen LogP contribution in [0.4, 0.5) is 5.69 Å². The SMILES string of the molecule is CCCn1c(=O)n(CCC(=O)N2CCN(CC(=O)Nc3c(C)cccc3C)CC2)c2ccccc21. The highest BCUT2D eigenvalue weighted by Crippen LogP contribution is 2.19. The van der Waals surface area contributed by atoms with Crippen LogP contribution < -0.4 is 11.0 Å². The Labute approximate surface area is 206 Å². The Hall–Kier alpha value is -3.39. The largest absolute Gasteiger partial charge is 0.340 e. The molecule has 35 heavy (non-hydrogen) atoms. The van der Waals surface area contributed by atoms with E-state index in [9.17, 15) is 14.4 Å². The van der Waals surface area contributed by atoms with Crippen LogP contribution in [-0.2, 0) is 22.7 Å². The summed E-state index contributed by atoms with van der Waals surface area (Å²) in [6.07, 6.45) is 1.16. The molecule has 3 aromatic rings. The minimum absolute atomic E-state index is 0.0370. The topological polar surface area (TPSA) is 79.6 Å². The molecule has 0 saturated carbocycles. The van der Waals surface area contributed by atoms with Gasteiger partial charge in [0, 0.05) is 51.4 Å². The molecule has 0 aliphatic carbocycles. The van der Waals surface area contributed by atoms with Crippen molar-refractivity contribution in [1.29, 1.82) is 0 Å². The zero-order valence-corrected chi connectivity index (χ0v) is 20.9. The monoisotopic (exact) mass is 477 g/mol. The van der Waals surface area contributed by atoms with Gasteiger partial charge < -0.3 is 10.2 Å². The number of nitrogens with one attached hydrogen (secondary N) is 1. The molecule has 1 aromatic heterocycles. The third-order valence-electron chi connectivity index (χ3n) is 6.76. The van der Waals surface area contributed by atoms with Crippen LogP contribution in [0, 0.1) is 13.8 Å². The number of aromatic nitrogens is 2. The number of para-hydroxylation sites is 3. The molecule has 1 fully saturated rings. The lowest BCUT2D eigenvalue weighted by Gasteiger charge is -2.34. The fourth-order valence-electron chi connectivity index (χ4n) is 4.84. The van der Waals surface area contributed by atoms with Crippen LogP contribution in [0.2, 0.25) is 0 Å². The Morgan fingerprint density at radius 2 is 1.46 bits per heavy atom. The average molecular weight is 478 g/mol. The summed E-state index contributed by atoms with van der Waals surface area (Å²) in [4.78, 5) is 42.3. The number of nitrogens with zero attached hydrogens (tertiary/aromatic N) is 4. The van der Waals surface area contributed by atoms with E-state index in [1.165, 1.54) is 0 Å². The zero-order chi connectivity index (χ0) is 24.9. The molecule has 0 spiro atoms. The maximum atomic E-state index is 12.9. The summed E-state index contributed by atoms with van der Waals surface area (Å²) in [7, 11) is 0. The molecular weight excluding hydrogens is 442 g/mol. The number of carbonyl (C=O) groups is 2. The highest BCUT2D eigenvalue weighted by molar-refractivity contribution is 5.93. The minimum Gasteiger partial charge on any atom is -0.340 e. The quantitative estimate of drug-likeness (QED) is 0.541. The lowest BCUT2D eigenvalue weighted by atomic mass is 10.1. The lowest BCUT2D eigenvalue weighted by molar-refractivity contribution is -0.133. The van der Waals surface area contributed by atoms with E-state index in [0.717, 1.165) is 34.3 Å². The minimum atomic E-state index is -0.0550. The third-order valence-corrected chi connectivity index (χ3v) is 6.76. The number of imidazole rings is 1. The highest BCUT2D eigenvalue weighted by atomic mass is 16.2. The second-order valence-electron chi connectivity index (χ2n) is 9.30. The number of fused-ring (bicyclic) bond motifs is 1. The molecule has 1 N–H and O–H groups in total. The Balaban J connectivity index is 1.30. The van der Waals surface area contributed by atoms with E-state index < -0.39 is 0 Å². The molecule has 2 amide bonds. The predicted octanol–water partition coefficient (Wildman–Crippen LogP) is 3.00. The van der Waals surface area contributed by atoms with Crippen molar-refractivity contribution in [3.05, 3.63) is 64.1 Å². The number of benzene rings is 2. The molecule has 1 saturated heterocycles. The van der Waals surface area contributed by atoms with E-state index in [1.54, 1.807) is 9.13 Å². The van der Waals surface area contributed by atoms with Crippen molar-refractivity contribution in [3.63, 3.8) is 0 Å². The molecular formula is C27H35N5O3. The second kappa shape index (κ2) is 10.9. The smallest absolute Gasteiger partial charge is 0.329 e. The third kappa shape index (κ3) is 5.48. The summed E-state index contributed by atoms with van der Waals surface area (Å²) in [6, 6.07) is 13.7. The number of rotatable bonds is 8. The van der Waals surface area contributed by atoms with Crippen molar-refractivity contribution in [2.24, 2.45) is 0 Å². The fraction of sp³-hybridized carbons (Fsp3) is 0.444. The van der Waals surface area contributed by atoms with Crippen LogP contribution in [0.5, 0.6) is 0 Å². The summed E-state index contributed by atoms with van der Waals surface area (Å²) in [5, 5.41) is 3.03. The molecule has 0 atom stereocenters. The van der Waals surface area contributed by atoms with Gasteiger partial charge in [0.05, 0.1) is 17.6 Å². The van der Waals surface area contributed by atoms with Crippen LogP contribution in [0.3, 0.4) is 0 Å². The first kappa shape index (κ1) is 24.7. The number of piperazine rings is 1. The normalized spacial score (nSPS) is 14.4. The van der Waals surface area contributed by atoms with E-state index >= 15 is 0 Å². The molecule has 186 valence electrons. The van der Waals surface area contributed by atoms with Crippen LogP contribution in [0.15, 0.2) is 47.3 Å². The van der Waals surface area contributed by atoms with E-state index in [0.29, 0.717) is 45.8 Å². The second-order valence-corrected chi connectivity index (χ2v) is 9.30. The van der Waals surface area contributed by atoms with Gasteiger partial charge in [-0.1, -0.05) is 37.3 Å². The number of hydrogen-bond donors (Lipinski definition) is 1. The first-order valence-corrected chi connectivity index (χ1v) is 12.4. The van der Waals surface area contributed by atoms with Crippen LogP contribution >= 0.6 is 0 Å². The van der Waals surface area contributed by atoms with Crippen molar-refractivity contribution < 1.29 is 9.59 Å². The molecule has 0 unspecified atom stereocenters. The average Bonchev–Trinajstić information content (AvgIpc) is 3.11. The first-order valence-electron chi connectivity index (χ1n) is 12.4. The molecule has 0 bridgehead atoms. The van der Waals surface area contributed by atoms with Crippen molar-refractivity contribution in [1.82, 2.24) is 18.9 Å². The zero-order valence-electron chi connectivity index (χ0n) is 20.9. The molecule has 8 nitrogen and oxygen atoms in total. The number of carbonyl (C=O) groups excluding carboxylic acids is 2. The lowest BCUT2D eigenvalue weighted by Crippen LogP contribution is -2.50. The molecule has 1 aliphatic heterocycles. The Kier molecular flexibility index (Phi) is 7.70. The first-order chi connectivity index (χ1) is 16.9. The van der Waals surface area contributed by atoms with Crippen molar-refractivity contribution in [3.8, 4) is 0 Å². The number of amides is 2. The maximum absolute atomic E-state index is 12.9. The van der Waals surface area contributed by atoms with Gasteiger partial charge in [0.2, 0.25) is 11.8 Å². The Morgan fingerprint density at radius 1 is 0.857 bits per heavy atom. The molecule has 0 radical (unpaired) electrons. The van der Waals surface area contributed by atoms with Crippen molar-refractivity contribution >= 4 is 28.5 Å². The predicted molar refractivity (Wildman–Crippen MR) is 139 cm³/mol.